The van der Waals surface area contributed by atoms with Crippen LogP contribution >= 0.6 is 0 Å². The molecule has 0 aromatic heterocycles. The lowest BCUT2D eigenvalue weighted by Gasteiger charge is -2.23. The number of hydroxylamine groups is 1. The average molecular weight is 554 g/mol. The predicted molar refractivity (Wildman–Crippen MR) is 141 cm³/mol. The maximum atomic E-state index is 15.6. The minimum atomic E-state index is -4.57. The van der Waals surface area contributed by atoms with E-state index in [9.17, 15) is 18.0 Å². The number of nitrogens with one attached hydrogen (secondary N) is 3. The summed E-state index contributed by atoms with van der Waals surface area (Å²) < 4.78 is 45.0. The van der Waals surface area contributed by atoms with E-state index in [0.29, 0.717) is 16.7 Å². The molecule has 1 aliphatic rings. The van der Waals surface area contributed by atoms with Crippen LogP contribution in [0.25, 0.3) is 16.8 Å². The van der Waals surface area contributed by atoms with Crippen molar-refractivity contribution in [3.63, 3.8) is 0 Å². The van der Waals surface area contributed by atoms with Crippen molar-refractivity contribution in [2.75, 3.05) is 12.4 Å². The van der Waals surface area contributed by atoms with Gasteiger partial charge < -0.3 is 15.8 Å². The molecule has 0 bridgehead atoms. The molecule has 0 saturated carbocycles. The topological polar surface area (TPSA) is 187 Å². The molecular weight excluding hydrogens is 529 g/mol. The molecule has 11 nitrogen and oxygen atoms in total. The highest BCUT2D eigenvalue weighted by Gasteiger charge is 2.46. The molecular formula is C26H24FN5O6S. The number of nitrogens with two attached hydrogens (primary N) is 2. The van der Waals surface area contributed by atoms with Gasteiger partial charge in [-0.2, -0.15) is 0 Å². The van der Waals surface area contributed by atoms with E-state index in [1.807, 2.05) is 0 Å². The van der Waals surface area contributed by atoms with Gasteiger partial charge in [-0.15, -0.1) is 0 Å². The van der Waals surface area contributed by atoms with Gasteiger partial charge in [-0.05, 0) is 23.8 Å². The molecule has 1 amide bonds. The van der Waals surface area contributed by atoms with E-state index < -0.39 is 50.3 Å². The number of halogens is 1. The van der Waals surface area contributed by atoms with E-state index >= 15 is 4.39 Å². The molecule has 39 heavy (non-hydrogen) atoms. The largest absolute Gasteiger partial charge is 0.469 e. The first-order valence-electron chi connectivity index (χ1n) is 11.4. The number of primary sulfonamides is 1. The molecule has 0 spiro atoms. The first-order chi connectivity index (χ1) is 18.4. The number of amides is 1. The molecule has 7 N–H and O–H groups in total. The Labute approximate surface area is 223 Å². The minimum absolute atomic E-state index is 0.00388. The average Bonchev–Trinajstić information content (AvgIpc) is 3.34. The van der Waals surface area contributed by atoms with E-state index in [4.69, 9.17) is 25.9 Å². The Kier molecular flexibility index (Phi) is 7.49. The lowest BCUT2D eigenvalue weighted by atomic mass is 9.95. The van der Waals surface area contributed by atoms with Gasteiger partial charge >= 0.3 is 5.97 Å². The summed E-state index contributed by atoms with van der Waals surface area (Å²) in [5, 5.41) is 15.3. The van der Waals surface area contributed by atoms with Gasteiger partial charge in [0.25, 0.3) is 5.91 Å². The number of carbonyl (C=O) groups excluding carboxylic acids is 2. The fourth-order valence-electron chi connectivity index (χ4n) is 4.00. The number of anilines is 1. The summed E-state index contributed by atoms with van der Waals surface area (Å²) in [5.74, 6) is -3.28. The number of nitrogen functional groups attached to an aromatic ring is 1. The highest BCUT2D eigenvalue weighted by atomic mass is 32.2. The summed E-state index contributed by atoms with van der Waals surface area (Å²) in [6.07, 6.45) is 0.694. The van der Waals surface area contributed by atoms with Gasteiger partial charge in [-0.1, -0.05) is 54.6 Å². The number of rotatable bonds is 8. The number of esters is 1. The summed E-state index contributed by atoms with van der Waals surface area (Å²) in [7, 11) is -3.44. The molecule has 0 saturated heterocycles. The lowest BCUT2D eigenvalue weighted by molar-refractivity contribution is -0.154. The molecule has 0 radical (unpaired) electrons. The Morgan fingerprint density at radius 1 is 1.10 bits per heavy atom. The van der Waals surface area contributed by atoms with Crippen molar-refractivity contribution in [3.8, 4) is 11.1 Å². The van der Waals surface area contributed by atoms with Crippen molar-refractivity contribution >= 4 is 39.1 Å². The van der Waals surface area contributed by atoms with Gasteiger partial charge in [0.1, 0.15) is 10.7 Å². The van der Waals surface area contributed by atoms with E-state index in [1.165, 1.54) is 18.2 Å². The predicted octanol–water partition coefficient (Wildman–Crippen LogP) is 2.24. The van der Waals surface area contributed by atoms with E-state index in [0.717, 1.165) is 7.11 Å². The van der Waals surface area contributed by atoms with Crippen LogP contribution in [0.15, 0.2) is 77.7 Å². The van der Waals surface area contributed by atoms with Gasteiger partial charge in [0.15, 0.2) is 5.82 Å². The second kappa shape index (κ2) is 10.6. The van der Waals surface area contributed by atoms with Crippen LogP contribution in [0.2, 0.25) is 0 Å². The zero-order valence-electron chi connectivity index (χ0n) is 20.5. The van der Waals surface area contributed by atoms with Gasteiger partial charge in [0, 0.05) is 16.7 Å². The third-order valence-electron chi connectivity index (χ3n) is 5.94. The number of carbonyl (C=O) groups is 2. The minimum Gasteiger partial charge on any atom is -0.469 e. The summed E-state index contributed by atoms with van der Waals surface area (Å²) in [4.78, 5) is 30.4. The quantitative estimate of drug-likeness (QED) is 0.160. The number of methoxy groups -OCH3 is 1. The van der Waals surface area contributed by atoms with E-state index in [2.05, 4.69) is 10.8 Å². The zero-order valence-corrected chi connectivity index (χ0v) is 21.3. The number of hydrogen-bond acceptors (Lipinski definition) is 8. The first-order valence-corrected chi connectivity index (χ1v) is 12.9. The Bertz CT molecular complexity index is 1610. The Morgan fingerprint density at radius 2 is 1.79 bits per heavy atom. The zero-order chi connectivity index (χ0) is 28.4. The van der Waals surface area contributed by atoms with Gasteiger partial charge in [-0.3, -0.25) is 25.3 Å². The summed E-state index contributed by atoms with van der Waals surface area (Å²) in [6.45, 7) is 0. The molecule has 1 unspecified atom stereocenters. The van der Waals surface area contributed by atoms with Crippen molar-refractivity contribution in [2.24, 2.45) is 10.9 Å². The number of sulfonamides is 1. The van der Waals surface area contributed by atoms with E-state index in [1.54, 1.807) is 54.6 Å². The third-order valence-corrected chi connectivity index (χ3v) is 6.91. The van der Waals surface area contributed by atoms with Crippen LogP contribution < -0.4 is 21.7 Å². The number of ether oxygens (including phenoxy) is 1. The third kappa shape index (κ3) is 5.65. The number of hydrogen-bond donors (Lipinski definition) is 5. The van der Waals surface area contributed by atoms with Crippen molar-refractivity contribution in [2.45, 2.75) is 16.9 Å². The maximum absolute atomic E-state index is 15.6. The Balaban J connectivity index is 1.75. The fraction of sp³-hybridized carbons (Fsp3) is 0.115. The molecule has 3 aromatic rings. The Hall–Kier alpha value is -4.59. The van der Waals surface area contributed by atoms with Crippen LogP contribution in [0.3, 0.4) is 0 Å². The fourth-order valence-corrected chi connectivity index (χ4v) is 4.86. The second-order valence-electron chi connectivity index (χ2n) is 8.57. The molecule has 202 valence electrons. The summed E-state index contributed by atoms with van der Waals surface area (Å²) in [6, 6.07) is 17.1. The lowest BCUT2D eigenvalue weighted by Crippen LogP contribution is -2.45. The van der Waals surface area contributed by atoms with Crippen LogP contribution in [0.1, 0.15) is 17.5 Å². The molecule has 1 atom stereocenters. The van der Waals surface area contributed by atoms with E-state index in [-0.39, 0.29) is 17.1 Å². The molecule has 0 fully saturated rings. The van der Waals surface area contributed by atoms with Crippen molar-refractivity contribution < 1.29 is 32.0 Å². The highest BCUT2D eigenvalue weighted by Crippen LogP contribution is 2.35. The van der Waals surface area contributed by atoms with Gasteiger partial charge in [0.2, 0.25) is 15.6 Å². The summed E-state index contributed by atoms with van der Waals surface area (Å²) in [5.41, 5.74) is 7.17. The van der Waals surface area contributed by atoms with Crippen molar-refractivity contribution in [1.29, 1.82) is 5.41 Å². The molecule has 0 aliphatic carbocycles. The normalized spacial score (nSPS) is 16.6. The first kappa shape index (κ1) is 27.4. The van der Waals surface area contributed by atoms with Crippen LogP contribution in [0.5, 0.6) is 0 Å². The molecule has 13 heteroatoms. The smallest absolute Gasteiger partial charge is 0.309 e. The molecule has 3 aromatic carbocycles. The number of benzene rings is 3. The van der Waals surface area contributed by atoms with Crippen LogP contribution in [0.4, 0.5) is 10.1 Å². The Morgan fingerprint density at radius 3 is 2.44 bits per heavy atom. The second-order valence-corrected chi connectivity index (χ2v) is 10.1. The molecule has 1 heterocycles. The maximum Gasteiger partial charge on any atom is 0.309 e. The summed E-state index contributed by atoms with van der Waals surface area (Å²) >= 11 is 0. The monoisotopic (exact) mass is 553 g/mol. The van der Waals surface area contributed by atoms with Crippen molar-refractivity contribution in [3.05, 3.63) is 89.8 Å². The van der Waals surface area contributed by atoms with Crippen LogP contribution in [0, 0.1) is 11.2 Å². The molecule has 4 rings (SSSR count). The number of amidine groups is 1. The molecule has 1 aliphatic heterocycles. The van der Waals surface area contributed by atoms with Gasteiger partial charge in [0.05, 0.1) is 24.9 Å². The van der Waals surface area contributed by atoms with Gasteiger partial charge in [-0.25, -0.2) is 17.9 Å². The van der Waals surface area contributed by atoms with Crippen LogP contribution in [-0.4, -0.2) is 38.8 Å². The standard InChI is InChI=1S/C26H24FN5O6S/c1-37-21(33)14-26(13-20(32-38-26)16-8-5-9-17(12-16)24(28)29)25(34)31-19-11-10-18(15-6-3-2-4-7-15)23(22(19)27)39(30,35)36/h2-13,32H,14H2,1H3,(H3,28,29)(H,31,34)(H2,30,35,36). The highest BCUT2D eigenvalue weighted by molar-refractivity contribution is 7.89. The van der Waals surface area contributed by atoms with Crippen molar-refractivity contribution in [1.82, 2.24) is 5.48 Å². The van der Waals surface area contributed by atoms with Crippen LogP contribution in [-0.2, 0) is 29.2 Å². The SMILES string of the molecule is COC(=O)CC1(C(=O)Nc2ccc(-c3ccccc3)c(S(N)(=O)=O)c2F)C=C(c2cccc(C(=N)N)c2)NO1.